The highest BCUT2D eigenvalue weighted by Gasteiger charge is 2.38. The molecule has 0 amide bonds. The number of hydrogen-bond acceptors (Lipinski definition) is 0. The van der Waals surface area contributed by atoms with Crippen LogP contribution in [0.4, 0.5) is 0 Å². The second-order valence-corrected chi connectivity index (χ2v) is 7.58. The molecule has 0 heterocycles. The van der Waals surface area contributed by atoms with Crippen molar-refractivity contribution in [2.75, 3.05) is 0 Å². The van der Waals surface area contributed by atoms with Crippen molar-refractivity contribution in [3.8, 4) is 0 Å². The van der Waals surface area contributed by atoms with E-state index in [1.807, 2.05) is 0 Å². The summed E-state index contributed by atoms with van der Waals surface area (Å²) in [6, 6.07) is 0. The highest BCUT2D eigenvalue weighted by molar-refractivity contribution is 4.88. The first-order chi connectivity index (χ1) is 6.73. The Bertz CT molecular complexity index is 167. The zero-order valence-corrected chi connectivity index (χ0v) is 11.7. The van der Waals surface area contributed by atoms with Gasteiger partial charge in [-0.05, 0) is 35.5 Å². The molecule has 0 aromatic rings. The summed E-state index contributed by atoms with van der Waals surface area (Å²) in [6.45, 7) is 14.6. The van der Waals surface area contributed by atoms with E-state index in [9.17, 15) is 0 Å². The molecule has 1 saturated carbocycles. The minimum absolute atomic E-state index is 0.488. The van der Waals surface area contributed by atoms with Crippen LogP contribution in [0, 0.1) is 22.7 Å². The van der Waals surface area contributed by atoms with Crippen LogP contribution < -0.4 is 0 Å². The van der Waals surface area contributed by atoms with Gasteiger partial charge in [0.15, 0.2) is 0 Å². The van der Waals surface area contributed by atoms with Crippen molar-refractivity contribution in [2.45, 2.75) is 73.6 Å². The number of rotatable bonds is 0. The van der Waals surface area contributed by atoms with Crippen molar-refractivity contribution in [3.05, 3.63) is 0 Å². The van der Waals surface area contributed by atoms with Gasteiger partial charge in [0, 0.05) is 0 Å². The maximum Gasteiger partial charge on any atom is -0.0332 e. The molecule has 0 bridgehead atoms. The molecule has 0 radical (unpaired) electrons. The van der Waals surface area contributed by atoms with Crippen LogP contribution in [0.2, 0.25) is 0 Å². The quantitative estimate of drug-likeness (QED) is 0.477. The summed E-state index contributed by atoms with van der Waals surface area (Å²) in [7, 11) is 0. The van der Waals surface area contributed by atoms with Crippen molar-refractivity contribution in [1.29, 1.82) is 0 Å². The van der Waals surface area contributed by atoms with Crippen molar-refractivity contribution in [1.82, 2.24) is 0 Å². The molecule has 1 aliphatic rings. The van der Waals surface area contributed by atoms with Gasteiger partial charge in [0.05, 0.1) is 0 Å². The van der Waals surface area contributed by atoms with Gasteiger partial charge in [0.25, 0.3) is 0 Å². The SMILES string of the molecule is CC(C)(C)C1CCCCCC1C(C)(C)C. The molecule has 0 aromatic heterocycles. The number of hydrogen-bond donors (Lipinski definition) is 0. The molecule has 1 rings (SSSR count). The summed E-state index contributed by atoms with van der Waals surface area (Å²) in [5, 5.41) is 0. The maximum atomic E-state index is 2.43. The van der Waals surface area contributed by atoms with E-state index < -0.39 is 0 Å². The highest BCUT2D eigenvalue weighted by atomic mass is 14.4. The molecule has 1 fully saturated rings. The van der Waals surface area contributed by atoms with E-state index in [0.29, 0.717) is 10.8 Å². The van der Waals surface area contributed by atoms with Gasteiger partial charge in [-0.15, -0.1) is 0 Å². The van der Waals surface area contributed by atoms with Crippen molar-refractivity contribution < 1.29 is 0 Å². The monoisotopic (exact) mass is 210 g/mol. The van der Waals surface area contributed by atoms with E-state index in [1.165, 1.54) is 32.1 Å². The van der Waals surface area contributed by atoms with Crippen LogP contribution in [0.25, 0.3) is 0 Å². The van der Waals surface area contributed by atoms with Gasteiger partial charge in [0.1, 0.15) is 0 Å². The van der Waals surface area contributed by atoms with E-state index >= 15 is 0 Å². The topological polar surface area (TPSA) is 0 Å². The van der Waals surface area contributed by atoms with E-state index in [1.54, 1.807) is 0 Å². The average Bonchev–Trinajstić information content (AvgIpc) is 2.24. The van der Waals surface area contributed by atoms with Gasteiger partial charge in [-0.2, -0.15) is 0 Å². The normalized spacial score (nSPS) is 30.0. The van der Waals surface area contributed by atoms with E-state index in [-0.39, 0.29) is 0 Å². The molecule has 0 heteroatoms. The summed E-state index contributed by atoms with van der Waals surface area (Å²) < 4.78 is 0. The van der Waals surface area contributed by atoms with Crippen LogP contribution in [0.5, 0.6) is 0 Å². The van der Waals surface area contributed by atoms with Crippen molar-refractivity contribution in [3.63, 3.8) is 0 Å². The summed E-state index contributed by atoms with van der Waals surface area (Å²) in [6.07, 6.45) is 7.26. The Morgan fingerprint density at radius 2 is 0.933 bits per heavy atom. The Hall–Kier alpha value is 0. The predicted octanol–water partition coefficient (Wildman–Crippen LogP) is 5.28. The van der Waals surface area contributed by atoms with Crippen molar-refractivity contribution in [2.24, 2.45) is 22.7 Å². The fourth-order valence-corrected chi connectivity index (χ4v) is 3.38. The molecule has 0 aromatic carbocycles. The molecule has 15 heavy (non-hydrogen) atoms. The lowest BCUT2D eigenvalue weighted by atomic mass is 9.62. The Balaban J connectivity index is 2.86. The molecule has 0 saturated heterocycles. The van der Waals surface area contributed by atoms with Crippen molar-refractivity contribution >= 4 is 0 Å². The predicted molar refractivity (Wildman–Crippen MR) is 69.0 cm³/mol. The summed E-state index contributed by atoms with van der Waals surface area (Å²) in [5.74, 6) is 1.83. The van der Waals surface area contributed by atoms with Crippen LogP contribution in [0.3, 0.4) is 0 Å². The fourth-order valence-electron chi connectivity index (χ4n) is 3.38. The van der Waals surface area contributed by atoms with Gasteiger partial charge < -0.3 is 0 Å². The largest absolute Gasteiger partial charge is 0.0599 e. The minimum atomic E-state index is 0.488. The van der Waals surface area contributed by atoms with Crippen LogP contribution in [-0.4, -0.2) is 0 Å². The first-order valence-electron chi connectivity index (χ1n) is 6.73. The smallest absolute Gasteiger partial charge is 0.0332 e. The molecular formula is C15H30. The Kier molecular flexibility index (Phi) is 3.90. The first-order valence-corrected chi connectivity index (χ1v) is 6.73. The lowest BCUT2D eigenvalue weighted by Crippen LogP contribution is -2.35. The zero-order valence-electron chi connectivity index (χ0n) is 11.7. The standard InChI is InChI=1S/C15H30/c1-14(2,3)12-10-8-7-9-11-13(12)15(4,5)6/h12-13H,7-11H2,1-6H3. The zero-order chi connectivity index (χ0) is 11.7. The van der Waals surface area contributed by atoms with Gasteiger partial charge >= 0.3 is 0 Å². The fraction of sp³-hybridized carbons (Fsp3) is 1.00. The third-order valence-electron chi connectivity index (χ3n) is 4.24. The van der Waals surface area contributed by atoms with E-state index in [4.69, 9.17) is 0 Å². The third kappa shape index (κ3) is 3.50. The second-order valence-electron chi connectivity index (χ2n) is 7.58. The van der Waals surface area contributed by atoms with Crippen LogP contribution in [0.15, 0.2) is 0 Å². The van der Waals surface area contributed by atoms with E-state index in [2.05, 4.69) is 41.5 Å². The molecule has 0 spiro atoms. The van der Waals surface area contributed by atoms with Gasteiger partial charge in [-0.3, -0.25) is 0 Å². The summed E-state index contributed by atoms with van der Waals surface area (Å²) >= 11 is 0. The van der Waals surface area contributed by atoms with E-state index in [0.717, 1.165) is 11.8 Å². The molecular weight excluding hydrogens is 180 g/mol. The highest BCUT2D eigenvalue weighted by Crippen LogP contribution is 2.47. The Morgan fingerprint density at radius 1 is 0.600 bits per heavy atom. The molecule has 90 valence electrons. The average molecular weight is 210 g/mol. The molecule has 2 atom stereocenters. The lowest BCUT2D eigenvalue weighted by Gasteiger charge is -2.43. The van der Waals surface area contributed by atoms with Gasteiger partial charge in [-0.1, -0.05) is 60.8 Å². The van der Waals surface area contributed by atoms with Crippen LogP contribution >= 0.6 is 0 Å². The lowest BCUT2D eigenvalue weighted by molar-refractivity contribution is 0.0646. The van der Waals surface area contributed by atoms with Gasteiger partial charge in [-0.25, -0.2) is 0 Å². The Labute approximate surface area is 96.8 Å². The first kappa shape index (κ1) is 13.1. The third-order valence-corrected chi connectivity index (χ3v) is 4.24. The van der Waals surface area contributed by atoms with Crippen LogP contribution in [0.1, 0.15) is 73.6 Å². The minimum Gasteiger partial charge on any atom is -0.0599 e. The molecule has 2 unspecified atom stereocenters. The second kappa shape index (κ2) is 4.47. The van der Waals surface area contributed by atoms with Gasteiger partial charge in [0.2, 0.25) is 0 Å². The Morgan fingerprint density at radius 3 is 1.20 bits per heavy atom. The molecule has 1 aliphatic carbocycles. The molecule has 0 N–H and O–H groups in total. The summed E-state index contributed by atoms with van der Waals surface area (Å²) in [5.41, 5.74) is 0.977. The van der Waals surface area contributed by atoms with Crippen LogP contribution in [-0.2, 0) is 0 Å². The molecule has 0 aliphatic heterocycles. The summed E-state index contributed by atoms with van der Waals surface area (Å²) in [4.78, 5) is 0. The molecule has 0 nitrogen and oxygen atoms in total. The maximum absolute atomic E-state index is 2.43.